The molecule has 0 fully saturated rings. The summed E-state index contributed by atoms with van der Waals surface area (Å²) in [5.74, 6) is -2.05. The molecule has 0 atom stereocenters. The number of ether oxygens (including phenoxy) is 2. The third-order valence-electron chi connectivity index (χ3n) is 3.06. The van der Waals surface area contributed by atoms with E-state index in [9.17, 15) is 28.5 Å². The minimum absolute atomic E-state index is 0.108. The Bertz CT molecular complexity index is 878. The Kier molecular flexibility index (Phi) is 6.61. The topological polar surface area (TPSA) is 108 Å². The van der Waals surface area contributed by atoms with Gasteiger partial charge in [0.1, 0.15) is 11.4 Å². The van der Waals surface area contributed by atoms with Crippen LogP contribution in [-0.4, -0.2) is 30.0 Å². The van der Waals surface area contributed by atoms with E-state index in [1.54, 1.807) is 0 Å². The zero-order valence-corrected chi connectivity index (χ0v) is 14.1. The normalized spacial score (nSPS) is 10.4. The van der Waals surface area contributed by atoms with Gasteiger partial charge in [0, 0.05) is 11.1 Å². The fourth-order valence-electron chi connectivity index (χ4n) is 1.96. The van der Waals surface area contributed by atoms with E-state index in [0.29, 0.717) is 0 Å². The summed E-state index contributed by atoms with van der Waals surface area (Å²) in [5, 5.41) is 13.3. The number of esters is 1. The van der Waals surface area contributed by atoms with Gasteiger partial charge in [-0.25, -0.2) is 4.79 Å². The second kappa shape index (κ2) is 8.90. The molecule has 0 aliphatic heterocycles. The molecule has 1 amide bonds. The molecule has 0 saturated heterocycles. The molecule has 0 aliphatic rings. The highest BCUT2D eigenvalue weighted by Crippen LogP contribution is 2.27. The molecule has 0 radical (unpaired) electrons. The molecule has 2 aromatic carbocycles. The lowest BCUT2D eigenvalue weighted by Crippen LogP contribution is -2.21. The minimum Gasteiger partial charge on any atom is -0.452 e. The summed E-state index contributed by atoms with van der Waals surface area (Å²) in [5.41, 5.74) is -0.671. The maximum atomic E-state index is 12.2. The van der Waals surface area contributed by atoms with Crippen molar-refractivity contribution in [3.8, 4) is 5.75 Å². The summed E-state index contributed by atoms with van der Waals surface area (Å²) in [4.78, 5) is 34.0. The second-order valence-corrected chi connectivity index (χ2v) is 5.39. The molecule has 0 aliphatic carbocycles. The number of nitro groups is 1. The van der Waals surface area contributed by atoms with Crippen LogP contribution in [0.1, 0.15) is 10.4 Å². The van der Waals surface area contributed by atoms with Crippen LogP contribution >= 0.6 is 11.6 Å². The summed E-state index contributed by atoms with van der Waals surface area (Å²) in [6.45, 7) is -3.81. The molecular formula is C16H11ClF2N2O6. The van der Waals surface area contributed by atoms with Crippen LogP contribution in [0.5, 0.6) is 5.75 Å². The fourth-order valence-corrected chi connectivity index (χ4v) is 2.13. The maximum absolute atomic E-state index is 12.2. The van der Waals surface area contributed by atoms with Crippen LogP contribution in [0.15, 0.2) is 42.5 Å². The lowest BCUT2D eigenvalue weighted by molar-refractivity contribution is -0.383. The molecule has 0 saturated carbocycles. The number of hydrogen-bond donors (Lipinski definition) is 1. The van der Waals surface area contributed by atoms with Crippen LogP contribution < -0.4 is 10.1 Å². The number of anilines is 1. The predicted molar refractivity (Wildman–Crippen MR) is 90.1 cm³/mol. The monoisotopic (exact) mass is 400 g/mol. The van der Waals surface area contributed by atoms with Gasteiger partial charge >= 0.3 is 12.6 Å². The first-order chi connectivity index (χ1) is 12.8. The summed E-state index contributed by atoms with van der Waals surface area (Å²) < 4.78 is 33.3. The molecule has 1 N–H and O–H groups in total. The summed E-state index contributed by atoms with van der Waals surface area (Å²) in [6, 6.07) is 8.44. The second-order valence-electron chi connectivity index (χ2n) is 4.95. The number of amides is 1. The van der Waals surface area contributed by atoms with Crippen LogP contribution in [-0.2, 0) is 9.53 Å². The van der Waals surface area contributed by atoms with E-state index in [1.807, 2.05) is 0 Å². The molecule has 8 nitrogen and oxygen atoms in total. The zero-order valence-electron chi connectivity index (χ0n) is 13.4. The molecule has 142 valence electrons. The molecule has 2 aromatic rings. The molecule has 0 heterocycles. The Morgan fingerprint density at radius 1 is 1.22 bits per heavy atom. The first kappa shape index (κ1) is 20.0. The Hall–Kier alpha value is -3.27. The van der Waals surface area contributed by atoms with Crippen molar-refractivity contribution in [3.05, 3.63) is 63.2 Å². The molecule has 11 heteroatoms. The third-order valence-corrected chi connectivity index (χ3v) is 3.29. The lowest BCUT2D eigenvalue weighted by atomic mass is 10.2. The third kappa shape index (κ3) is 5.89. The highest BCUT2D eigenvalue weighted by atomic mass is 35.5. The molecule has 27 heavy (non-hydrogen) atoms. The number of carbonyl (C=O) groups excluding carboxylic acids is 2. The van der Waals surface area contributed by atoms with Crippen molar-refractivity contribution >= 4 is 34.9 Å². The number of carbonyl (C=O) groups is 2. The summed E-state index contributed by atoms with van der Waals surface area (Å²) >= 11 is 5.67. The van der Waals surface area contributed by atoms with Gasteiger partial charge in [0.05, 0.1) is 10.5 Å². The van der Waals surface area contributed by atoms with Crippen molar-refractivity contribution in [2.45, 2.75) is 6.61 Å². The summed E-state index contributed by atoms with van der Waals surface area (Å²) in [7, 11) is 0. The van der Waals surface area contributed by atoms with E-state index in [0.717, 1.165) is 12.1 Å². The highest BCUT2D eigenvalue weighted by molar-refractivity contribution is 6.31. The van der Waals surface area contributed by atoms with Crippen LogP contribution in [0.4, 0.5) is 20.2 Å². The van der Waals surface area contributed by atoms with Crippen LogP contribution in [0.25, 0.3) is 0 Å². The number of nitro benzene ring substituents is 1. The van der Waals surface area contributed by atoms with Gasteiger partial charge in [-0.05, 0) is 30.3 Å². The summed E-state index contributed by atoms with van der Waals surface area (Å²) in [6.07, 6.45) is 0. The van der Waals surface area contributed by atoms with E-state index in [1.165, 1.54) is 30.3 Å². The first-order valence-electron chi connectivity index (χ1n) is 7.22. The number of halogens is 3. The highest BCUT2D eigenvalue weighted by Gasteiger charge is 2.18. The molecule has 0 bridgehead atoms. The van der Waals surface area contributed by atoms with E-state index < -0.39 is 35.7 Å². The predicted octanol–water partition coefficient (Wildman–Crippen LogP) is 3.65. The number of rotatable bonds is 7. The van der Waals surface area contributed by atoms with Gasteiger partial charge in [-0.2, -0.15) is 8.78 Å². The van der Waals surface area contributed by atoms with E-state index in [-0.39, 0.29) is 22.0 Å². The van der Waals surface area contributed by atoms with Crippen molar-refractivity contribution in [1.29, 1.82) is 0 Å². The number of benzene rings is 2. The maximum Gasteiger partial charge on any atom is 0.387 e. The van der Waals surface area contributed by atoms with Gasteiger partial charge < -0.3 is 14.8 Å². The number of nitrogens with one attached hydrogen (secondary N) is 1. The molecular weight excluding hydrogens is 390 g/mol. The van der Waals surface area contributed by atoms with E-state index >= 15 is 0 Å². The van der Waals surface area contributed by atoms with E-state index in [4.69, 9.17) is 16.3 Å². The molecule has 2 rings (SSSR count). The minimum atomic E-state index is -3.06. The van der Waals surface area contributed by atoms with Crippen molar-refractivity contribution in [1.82, 2.24) is 0 Å². The van der Waals surface area contributed by atoms with Gasteiger partial charge in [-0.15, -0.1) is 0 Å². The fraction of sp³-hybridized carbons (Fsp3) is 0.125. The standard InChI is InChI=1S/C16H11ClF2N2O6/c17-10-4-5-12(13(7-10)21(24)25)20-14(22)8-26-15(23)9-2-1-3-11(6-9)27-16(18)19/h1-7,16H,8H2,(H,20,22). The lowest BCUT2D eigenvalue weighted by Gasteiger charge is -2.08. The van der Waals surface area contributed by atoms with Crippen LogP contribution in [0, 0.1) is 10.1 Å². The van der Waals surface area contributed by atoms with Crippen molar-refractivity contribution in [2.24, 2.45) is 0 Å². The Morgan fingerprint density at radius 2 is 1.96 bits per heavy atom. The molecule has 0 unspecified atom stereocenters. The average molecular weight is 401 g/mol. The largest absolute Gasteiger partial charge is 0.452 e. The van der Waals surface area contributed by atoms with Gasteiger partial charge in [0.2, 0.25) is 0 Å². The number of hydrogen-bond acceptors (Lipinski definition) is 6. The van der Waals surface area contributed by atoms with Crippen LogP contribution in [0.2, 0.25) is 5.02 Å². The number of nitrogens with zero attached hydrogens (tertiary/aromatic N) is 1. The zero-order chi connectivity index (χ0) is 20.0. The van der Waals surface area contributed by atoms with Gasteiger partial charge in [0.15, 0.2) is 6.61 Å². The van der Waals surface area contributed by atoms with Crippen molar-refractivity contribution < 1.29 is 32.8 Å². The van der Waals surface area contributed by atoms with Crippen LogP contribution in [0.3, 0.4) is 0 Å². The first-order valence-corrected chi connectivity index (χ1v) is 7.60. The van der Waals surface area contributed by atoms with Crippen molar-refractivity contribution in [3.63, 3.8) is 0 Å². The van der Waals surface area contributed by atoms with Gasteiger partial charge in [-0.3, -0.25) is 14.9 Å². The smallest absolute Gasteiger partial charge is 0.387 e. The average Bonchev–Trinajstić information content (AvgIpc) is 2.60. The number of alkyl halides is 2. The molecule has 0 aromatic heterocycles. The van der Waals surface area contributed by atoms with Crippen molar-refractivity contribution in [2.75, 3.05) is 11.9 Å². The molecule has 0 spiro atoms. The Labute approximate surface area is 155 Å². The van der Waals surface area contributed by atoms with E-state index in [2.05, 4.69) is 10.1 Å². The van der Waals surface area contributed by atoms with Gasteiger partial charge in [-0.1, -0.05) is 17.7 Å². The Morgan fingerprint density at radius 3 is 2.63 bits per heavy atom. The SMILES string of the molecule is O=C(COC(=O)c1cccc(OC(F)F)c1)Nc1ccc(Cl)cc1[N+](=O)[O-]. The van der Waals surface area contributed by atoms with Gasteiger partial charge in [0.25, 0.3) is 11.6 Å². The Balaban J connectivity index is 1.98. The quantitative estimate of drug-likeness (QED) is 0.432.